The second-order valence-electron chi connectivity index (χ2n) is 4.46. The molecule has 0 radical (unpaired) electrons. The molecule has 1 amide bonds. The summed E-state index contributed by atoms with van der Waals surface area (Å²) in [5.41, 5.74) is 0.970. The summed E-state index contributed by atoms with van der Waals surface area (Å²) >= 11 is 0. The Labute approximate surface area is 113 Å². The van der Waals surface area contributed by atoms with Crippen molar-refractivity contribution in [2.45, 2.75) is 45.1 Å². The molecule has 1 unspecified atom stereocenters. The molecular formula is C14H20N2O3. The first-order chi connectivity index (χ1) is 9.13. The van der Waals surface area contributed by atoms with Gasteiger partial charge in [0.1, 0.15) is 6.04 Å². The van der Waals surface area contributed by atoms with Crippen molar-refractivity contribution in [3.05, 3.63) is 30.1 Å². The Morgan fingerprint density at radius 1 is 1.47 bits per heavy atom. The normalized spacial score (nSPS) is 11.8. The average molecular weight is 264 g/mol. The maximum absolute atomic E-state index is 11.7. The standard InChI is InChI=1S/C14H20N2O3/c1-2-3-6-12(14(18)19)16-13(17)8-7-11-5-4-9-15-10-11/h4-5,9-10,12H,2-3,6-8H2,1H3,(H,16,17)(H,18,19). The predicted octanol–water partition coefficient (Wildman–Crippen LogP) is 1.77. The van der Waals surface area contributed by atoms with E-state index in [1.54, 1.807) is 12.4 Å². The fourth-order valence-corrected chi connectivity index (χ4v) is 1.74. The molecule has 0 aliphatic carbocycles. The van der Waals surface area contributed by atoms with Gasteiger partial charge in [0.2, 0.25) is 5.91 Å². The van der Waals surface area contributed by atoms with E-state index in [1.807, 2.05) is 19.1 Å². The van der Waals surface area contributed by atoms with E-state index in [4.69, 9.17) is 5.11 Å². The fraction of sp³-hybridized carbons (Fsp3) is 0.500. The monoisotopic (exact) mass is 264 g/mol. The van der Waals surface area contributed by atoms with Crippen molar-refractivity contribution >= 4 is 11.9 Å². The first-order valence-electron chi connectivity index (χ1n) is 6.54. The molecule has 1 aromatic rings. The van der Waals surface area contributed by atoms with Gasteiger partial charge in [-0.15, -0.1) is 0 Å². The van der Waals surface area contributed by atoms with Gasteiger partial charge in [0, 0.05) is 18.8 Å². The Bertz CT molecular complexity index is 406. The van der Waals surface area contributed by atoms with E-state index in [9.17, 15) is 9.59 Å². The van der Waals surface area contributed by atoms with Crippen LogP contribution in [-0.2, 0) is 16.0 Å². The number of aromatic nitrogens is 1. The zero-order valence-electron chi connectivity index (χ0n) is 11.1. The van der Waals surface area contributed by atoms with Gasteiger partial charge < -0.3 is 10.4 Å². The molecule has 0 aliphatic rings. The van der Waals surface area contributed by atoms with Crippen molar-refractivity contribution in [2.24, 2.45) is 0 Å². The van der Waals surface area contributed by atoms with Crippen molar-refractivity contribution in [3.63, 3.8) is 0 Å². The number of aryl methyl sites for hydroxylation is 1. The zero-order valence-corrected chi connectivity index (χ0v) is 11.1. The van der Waals surface area contributed by atoms with Crippen LogP contribution in [0.3, 0.4) is 0 Å². The number of carbonyl (C=O) groups excluding carboxylic acids is 1. The molecule has 0 aliphatic heterocycles. The predicted molar refractivity (Wildman–Crippen MR) is 71.6 cm³/mol. The molecule has 104 valence electrons. The van der Waals surface area contributed by atoms with Crippen LogP contribution in [0.15, 0.2) is 24.5 Å². The molecule has 19 heavy (non-hydrogen) atoms. The largest absolute Gasteiger partial charge is 0.480 e. The van der Waals surface area contributed by atoms with Crippen molar-refractivity contribution in [1.82, 2.24) is 10.3 Å². The van der Waals surface area contributed by atoms with Crippen LogP contribution in [0.4, 0.5) is 0 Å². The van der Waals surface area contributed by atoms with Crippen molar-refractivity contribution in [3.8, 4) is 0 Å². The van der Waals surface area contributed by atoms with Crippen molar-refractivity contribution < 1.29 is 14.7 Å². The molecule has 0 bridgehead atoms. The quantitative estimate of drug-likeness (QED) is 0.750. The molecule has 0 saturated carbocycles. The number of hydrogen-bond acceptors (Lipinski definition) is 3. The first-order valence-corrected chi connectivity index (χ1v) is 6.54. The Morgan fingerprint density at radius 2 is 2.26 bits per heavy atom. The number of carboxylic acid groups (broad SMARTS) is 1. The lowest BCUT2D eigenvalue weighted by Gasteiger charge is -2.13. The van der Waals surface area contributed by atoms with E-state index in [1.165, 1.54) is 0 Å². The number of aliphatic carboxylic acids is 1. The van der Waals surface area contributed by atoms with Gasteiger partial charge in [0.25, 0.3) is 0 Å². The molecule has 1 rings (SSSR count). The number of carbonyl (C=O) groups is 2. The zero-order chi connectivity index (χ0) is 14.1. The smallest absolute Gasteiger partial charge is 0.326 e. The molecule has 0 spiro atoms. The molecule has 0 saturated heterocycles. The highest BCUT2D eigenvalue weighted by Gasteiger charge is 2.18. The second-order valence-corrected chi connectivity index (χ2v) is 4.46. The molecule has 2 N–H and O–H groups in total. The van der Waals surface area contributed by atoms with E-state index in [0.29, 0.717) is 12.8 Å². The number of rotatable bonds is 8. The molecule has 1 atom stereocenters. The maximum Gasteiger partial charge on any atom is 0.326 e. The summed E-state index contributed by atoms with van der Waals surface area (Å²) in [5.74, 6) is -1.20. The maximum atomic E-state index is 11.7. The van der Waals surface area contributed by atoms with E-state index >= 15 is 0 Å². The molecule has 1 heterocycles. The fourth-order valence-electron chi connectivity index (χ4n) is 1.74. The summed E-state index contributed by atoms with van der Waals surface area (Å²) < 4.78 is 0. The Morgan fingerprint density at radius 3 is 2.84 bits per heavy atom. The molecule has 5 heteroatoms. The van der Waals surface area contributed by atoms with Gasteiger partial charge in [-0.05, 0) is 24.5 Å². The second kappa shape index (κ2) is 8.24. The molecule has 1 aromatic heterocycles. The lowest BCUT2D eigenvalue weighted by Crippen LogP contribution is -2.40. The Hall–Kier alpha value is -1.91. The molecule has 0 aromatic carbocycles. The van der Waals surface area contributed by atoms with Gasteiger partial charge >= 0.3 is 5.97 Å². The van der Waals surface area contributed by atoms with Gasteiger partial charge in [0.15, 0.2) is 0 Å². The number of carboxylic acids is 1. The van der Waals surface area contributed by atoms with Gasteiger partial charge in [-0.1, -0.05) is 25.8 Å². The third-order valence-corrected chi connectivity index (χ3v) is 2.84. The van der Waals surface area contributed by atoms with Crippen LogP contribution >= 0.6 is 0 Å². The van der Waals surface area contributed by atoms with Crippen LogP contribution in [0.1, 0.15) is 38.2 Å². The van der Waals surface area contributed by atoms with E-state index in [-0.39, 0.29) is 12.3 Å². The number of unbranched alkanes of at least 4 members (excludes halogenated alkanes) is 1. The minimum atomic E-state index is -0.969. The van der Waals surface area contributed by atoms with Gasteiger partial charge in [0.05, 0.1) is 0 Å². The number of nitrogens with zero attached hydrogens (tertiary/aromatic N) is 1. The van der Waals surface area contributed by atoms with Gasteiger partial charge in [-0.25, -0.2) is 4.79 Å². The van der Waals surface area contributed by atoms with Gasteiger partial charge in [-0.3, -0.25) is 9.78 Å². The van der Waals surface area contributed by atoms with Crippen LogP contribution in [0.25, 0.3) is 0 Å². The van der Waals surface area contributed by atoms with Crippen LogP contribution in [0, 0.1) is 0 Å². The third-order valence-electron chi connectivity index (χ3n) is 2.84. The number of pyridine rings is 1. The molecular weight excluding hydrogens is 244 g/mol. The van der Waals surface area contributed by atoms with E-state index < -0.39 is 12.0 Å². The minimum absolute atomic E-state index is 0.229. The summed E-state index contributed by atoms with van der Waals surface area (Å²) in [6.07, 6.45) is 6.41. The lowest BCUT2D eigenvalue weighted by molar-refractivity contribution is -0.142. The summed E-state index contributed by atoms with van der Waals surface area (Å²) in [7, 11) is 0. The summed E-state index contributed by atoms with van der Waals surface area (Å²) in [6.45, 7) is 1.99. The third kappa shape index (κ3) is 5.99. The van der Waals surface area contributed by atoms with Crippen LogP contribution < -0.4 is 5.32 Å². The summed E-state index contributed by atoms with van der Waals surface area (Å²) in [4.78, 5) is 26.7. The van der Waals surface area contributed by atoms with Crippen LogP contribution in [0.5, 0.6) is 0 Å². The van der Waals surface area contributed by atoms with Gasteiger partial charge in [-0.2, -0.15) is 0 Å². The average Bonchev–Trinajstić information content (AvgIpc) is 2.42. The highest BCUT2D eigenvalue weighted by atomic mass is 16.4. The van der Waals surface area contributed by atoms with E-state index in [2.05, 4.69) is 10.3 Å². The van der Waals surface area contributed by atoms with Crippen molar-refractivity contribution in [2.75, 3.05) is 0 Å². The summed E-state index contributed by atoms with van der Waals surface area (Å²) in [6, 6.07) is 2.93. The Kier molecular flexibility index (Phi) is 6.57. The number of nitrogens with one attached hydrogen (secondary N) is 1. The topological polar surface area (TPSA) is 79.3 Å². The number of hydrogen-bond donors (Lipinski definition) is 2. The first kappa shape index (κ1) is 15.1. The highest BCUT2D eigenvalue weighted by Crippen LogP contribution is 2.03. The van der Waals surface area contributed by atoms with Crippen molar-refractivity contribution in [1.29, 1.82) is 0 Å². The Balaban J connectivity index is 2.38. The SMILES string of the molecule is CCCCC(NC(=O)CCc1cccnc1)C(=O)O. The minimum Gasteiger partial charge on any atom is -0.480 e. The van der Waals surface area contributed by atoms with Crippen LogP contribution in [-0.4, -0.2) is 28.0 Å². The van der Waals surface area contributed by atoms with E-state index in [0.717, 1.165) is 18.4 Å². The lowest BCUT2D eigenvalue weighted by atomic mass is 10.1. The highest BCUT2D eigenvalue weighted by molar-refractivity contribution is 5.83. The number of amides is 1. The van der Waals surface area contributed by atoms with Crippen LogP contribution in [0.2, 0.25) is 0 Å². The molecule has 5 nitrogen and oxygen atoms in total. The molecule has 0 fully saturated rings. The summed E-state index contributed by atoms with van der Waals surface area (Å²) in [5, 5.41) is 11.6.